The minimum absolute atomic E-state index is 0.265. The molecule has 0 aromatic heterocycles. The third-order valence-corrected chi connectivity index (χ3v) is 3.86. The van der Waals surface area contributed by atoms with Crippen LogP contribution in [-0.4, -0.2) is 10.2 Å². The van der Waals surface area contributed by atoms with E-state index in [9.17, 15) is 10.2 Å². The first-order valence-corrected chi connectivity index (χ1v) is 7.28. The Morgan fingerprint density at radius 2 is 1.40 bits per heavy atom. The number of phenolic OH excluding ortho intramolecular Hbond substituents is 2. The smallest absolute Gasteiger partial charge is 0.119 e. The lowest BCUT2D eigenvalue weighted by Crippen LogP contribution is -2.00. The van der Waals surface area contributed by atoms with Crippen molar-refractivity contribution in [3.8, 4) is 22.6 Å². The Balaban J connectivity index is 2.76. The average molecular weight is 270 g/mol. The van der Waals surface area contributed by atoms with Crippen molar-refractivity contribution >= 4 is 0 Å². The average Bonchev–Trinajstić information content (AvgIpc) is 2.46. The highest BCUT2D eigenvalue weighted by molar-refractivity contribution is 5.75. The Morgan fingerprint density at radius 3 is 1.90 bits per heavy atom. The van der Waals surface area contributed by atoms with E-state index in [2.05, 4.69) is 20.8 Å². The largest absolute Gasteiger partial charge is 0.508 e. The Labute approximate surface area is 120 Å². The van der Waals surface area contributed by atoms with Gasteiger partial charge in [0.1, 0.15) is 11.5 Å². The van der Waals surface area contributed by atoms with E-state index in [-0.39, 0.29) is 5.75 Å². The van der Waals surface area contributed by atoms with E-state index in [4.69, 9.17) is 0 Å². The second-order valence-corrected chi connectivity index (χ2v) is 4.99. The molecule has 2 rings (SSSR count). The summed E-state index contributed by atoms with van der Waals surface area (Å²) in [5.41, 5.74) is 5.68. The molecule has 2 N–H and O–H groups in total. The summed E-state index contributed by atoms with van der Waals surface area (Å²) in [6.45, 7) is 6.32. The van der Waals surface area contributed by atoms with Gasteiger partial charge in [-0.25, -0.2) is 0 Å². The van der Waals surface area contributed by atoms with Crippen LogP contribution in [0.2, 0.25) is 0 Å². The maximum Gasteiger partial charge on any atom is 0.119 e. The molecule has 0 aliphatic heterocycles. The number of benzene rings is 2. The zero-order valence-corrected chi connectivity index (χ0v) is 12.4. The number of aromatic hydroxyl groups is 2. The summed E-state index contributed by atoms with van der Waals surface area (Å²) in [5, 5.41) is 19.8. The molecule has 0 bridgehead atoms. The van der Waals surface area contributed by atoms with Gasteiger partial charge in [0, 0.05) is 5.56 Å². The first-order chi connectivity index (χ1) is 9.62. The molecule has 0 amide bonds. The highest BCUT2D eigenvalue weighted by atomic mass is 16.3. The molecule has 2 heteroatoms. The van der Waals surface area contributed by atoms with Crippen LogP contribution in [-0.2, 0) is 19.3 Å². The van der Waals surface area contributed by atoms with Crippen LogP contribution < -0.4 is 0 Å². The predicted octanol–water partition coefficient (Wildman–Crippen LogP) is 4.45. The van der Waals surface area contributed by atoms with Crippen LogP contribution in [0.3, 0.4) is 0 Å². The summed E-state index contributed by atoms with van der Waals surface area (Å²) in [7, 11) is 0. The zero-order chi connectivity index (χ0) is 14.7. The molecule has 20 heavy (non-hydrogen) atoms. The minimum Gasteiger partial charge on any atom is -0.508 e. The Kier molecular flexibility index (Phi) is 4.33. The highest BCUT2D eigenvalue weighted by Gasteiger charge is 2.16. The van der Waals surface area contributed by atoms with Gasteiger partial charge >= 0.3 is 0 Å². The van der Waals surface area contributed by atoms with E-state index in [0.29, 0.717) is 5.75 Å². The van der Waals surface area contributed by atoms with Crippen LogP contribution in [0.25, 0.3) is 11.1 Å². The SMILES string of the molecule is CCc1cc(O)c(CC)c(-c2ccc(O)cc2)c1CC. The van der Waals surface area contributed by atoms with E-state index in [1.54, 1.807) is 12.1 Å². The fourth-order valence-electron chi connectivity index (χ4n) is 2.86. The third-order valence-electron chi connectivity index (χ3n) is 3.86. The predicted molar refractivity (Wildman–Crippen MR) is 83.3 cm³/mol. The van der Waals surface area contributed by atoms with Gasteiger partial charge in [-0.1, -0.05) is 32.9 Å². The summed E-state index contributed by atoms with van der Waals surface area (Å²) in [4.78, 5) is 0. The molecule has 0 saturated carbocycles. The molecule has 0 unspecified atom stereocenters. The van der Waals surface area contributed by atoms with E-state index >= 15 is 0 Å². The van der Waals surface area contributed by atoms with Gasteiger partial charge in [0.05, 0.1) is 0 Å². The second kappa shape index (κ2) is 6.00. The first kappa shape index (κ1) is 14.4. The van der Waals surface area contributed by atoms with Gasteiger partial charge in [0.2, 0.25) is 0 Å². The standard InChI is InChI=1S/C18H22O2/c1-4-12-11-17(20)16(6-3)18(15(12)5-2)13-7-9-14(19)10-8-13/h7-11,19-20H,4-6H2,1-3H3. The van der Waals surface area contributed by atoms with Crippen LogP contribution >= 0.6 is 0 Å². The zero-order valence-electron chi connectivity index (χ0n) is 12.4. The van der Waals surface area contributed by atoms with Crippen molar-refractivity contribution < 1.29 is 10.2 Å². The Bertz CT molecular complexity index is 598. The van der Waals surface area contributed by atoms with E-state index in [1.807, 2.05) is 18.2 Å². The highest BCUT2D eigenvalue weighted by Crippen LogP contribution is 2.37. The number of phenols is 2. The van der Waals surface area contributed by atoms with Gasteiger partial charge in [-0.15, -0.1) is 0 Å². The lowest BCUT2D eigenvalue weighted by Gasteiger charge is -2.19. The van der Waals surface area contributed by atoms with Gasteiger partial charge in [0.25, 0.3) is 0 Å². The maximum atomic E-state index is 10.3. The van der Waals surface area contributed by atoms with Crippen LogP contribution in [0.1, 0.15) is 37.5 Å². The minimum atomic E-state index is 0.265. The van der Waals surface area contributed by atoms with Crippen molar-refractivity contribution in [1.29, 1.82) is 0 Å². The molecule has 2 nitrogen and oxygen atoms in total. The van der Waals surface area contributed by atoms with E-state index in [1.165, 1.54) is 11.1 Å². The van der Waals surface area contributed by atoms with Crippen molar-refractivity contribution in [3.63, 3.8) is 0 Å². The molecule has 0 aliphatic carbocycles. The van der Waals surface area contributed by atoms with E-state index in [0.717, 1.165) is 36.0 Å². The second-order valence-electron chi connectivity index (χ2n) is 4.99. The Morgan fingerprint density at radius 1 is 0.800 bits per heavy atom. The molecular weight excluding hydrogens is 248 g/mol. The number of aryl methyl sites for hydroxylation is 1. The first-order valence-electron chi connectivity index (χ1n) is 7.28. The number of hydrogen-bond acceptors (Lipinski definition) is 2. The maximum absolute atomic E-state index is 10.3. The fourth-order valence-corrected chi connectivity index (χ4v) is 2.86. The molecule has 0 spiro atoms. The summed E-state index contributed by atoms with van der Waals surface area (Å²) in [6, 6.07) is 9.14. The number of hydrogen-bond donors (Lipinski definition) is 2. The molecule has 0 heterocycles. The molecule has 0 radical (unpaired) electrons. The van der Waals surface area contributed by atoms with Crippen LogP contribution in [0.15, 0.2) is 30.3 Å². The summed E-state index contributed by atoms with van der Waals surface area (Å²) in [5.74, 6) is 0.644. The molecule has 0 atom stereocenters. The quantitative estimate of drug-likeness (QED) is 0.861. The summed E-state index contributed by atoms with van der Waals surface area (Å²) in [6.07, 6.45) is 2.64. The molecule has 106 valence electrons. The van der Waals surface area contributed by atoms with Gasteiger partial charge in [-0.3, -0.25) is 0 Å². The van der Waals surface area contributed by atoms with Gasteiger partial charge in [-0.2, -0.15) is 0 Å². The van der Waals surface area contributed by atoms with Crippen molar-refractivity contribution in [2.45, 2.75) is 40.0 Å². The third kappa shape index (κ3) is 2.51. The van der Waals surface area contributed by atoms with Crippen molar-refractivity contribution in [3.05, 3.63) is 47.0 Å². The number of rotatable bonds is 4. The topological polar surface area (TPSA) is 40.5 Å². The molecule has 2 aromatic rings. The molecular formula is C18H22O2. The van der Waals surface area contributed by atoms with Crippen LogP contribution in [0.5, 0.6) is 11.5 Å². The summed E-state index contributed by atoms with van der Waals surface area (Å²) >= 11 is 0. The molecule has 2 aromatic carbocycles. The van der Waals surface area contributed by atoms with E-state index < -0.39 is 0 Å². The van der Waals surface area contributed by atoms with Crippen molar-refractivity contribution in [1.82, 2.24) is 0 Å². The normalized spacial score (nSPS) is 10.8. The van der Waals surface area contributed by atoms with Crippen molar-refractivity contribution in [2.24, 2.45) is 0 Å². The van der Waals surface area contributed by atoms with Gasteiger partial charge < -0.3 is 10.2 Å². The summed E-state index contributed by atoms with van der Waals surface area (Å²) < 4.78 is 0. The van der Waals surface area contributed by atoms with Crippen LogP contribution in [0, 0.1) is 0 Å². The fraction of sp³-hybridized carbons (Fsp3) is 0.333. The lowest BCUT2D eigenvalue weighted by molar-refractivity contribution is 0.468. The molecule has 0 fully saturated rings. The molecule has 0 saturated heterocycles. The lowest BCUT2D eigenvalue weighted by atomic mass is 9.87. The molecule has 0 aliphatic rings. The Hall–Kier alpha value is -1.96. The monoisotopic (exact) mass is 270 g/mol. The van der Waals surface area contributed by atoms with Crippen LogP contribution in [0.4, 0.5) is 0 Å². The van der Waals surface area contributed by atoms with Gasteiger partial charge in [0.15, 0.2) is 0 Å². The van der Waals surface area contributed by atoms with Crippen molar-refractivity contribution in [2.75, 3.05) is 0 Å². The van der Waals surface area contributed by atoms with Gasteiger partial charge in [-0.05, 0) is 59.7 Å².